The van der Waals surface area contributed by atoms with Gasteiger partial charge in [0.05, 0.1) is 6.20 Å². The summed E-state index contributed by atoms with van der Waals surface area (Å²) in [6, 6.07) is 3.07. The lowest BCUT2D eigenvalue weighted by molar-refractivity contribution is 0.376. The Hall–Kier alpha value is -1.69. The van der Waals surface area contributed by atoms with Gasteiger partial charge in [-0.25, -0.2) is 8.91 Å². The van der Waals surface area contributed by atoms with Crippen molar-refractivity contribution in [2.45, 2.75) is 19.8 Å². The van der Waals surface area contributed by atoms with Gasteiger partial charge in [0, 0.05) is 13.1 Å². The molecular weight excluding hydrogens is 257 g/mol. The third kappa shape index (κ3) is 2.75. The fraction of sp³-hybridized carbons (Fsp3) is 0.571. The molecule has 3 heterocycles. The van der Waals surface area contributed by atoms with E-state index in [1.54, 1.807) is 6.07 Å². The Labute approximate surface area is 117 Å². The molecule has 1 unspecified atom stereocenters. The number of hydrogen-bond acceptors (Lipinski definition) is 4. The number of hydrogen-bond donors (Lipinski definition) is 1. The van der Waals surface area contributed by atoms with Crippen LogP contribution in [0.15, 0.2) is 18.3 Å². The van der Waals surface area contributed by atoms with Crippen molar-refractivity contribution in [3.05, 3.63) is 24.1 Å². The summed E-state index contributed by atoms with van der Waals surface area (Å²) in [5.41, 5.74) is 0.682. The molecule has 1 aliphatic rings. The highest BCUT2D eigenvalue weighted by Crippen LogP contribution is 2.16. The number of rotatable bonds is 4. The van der Waals surface area contributed by atoms with Gasteiger partial charge in [-0.3, -0.25) is 0 Å². The van der Waals surface area contributed by atoms with Crippen molar-refractivity contribution in [2.75, 3.05) is 31.1 Å². The van der Waals surface area contributed by atoms with Gasteiger partial charge >= 0.3 is 0 Å². The molecule has 6 heteroatoms. The van der Waals surface area contributed by atoms with Crippen molar-refractivity contribution < 1.29 is 4.39 Å². The maximum atomic E-state index is 13.2. The van der Waals surface area contributed by atoms with E-state index < -0.39 is 0 Å². The van der Waals surface area contributed by atoms with Gasteiger partial charge < -0.3 is 10.2 Å². The van der Waals surface area contributed by atoms with Crippen LogP contribution in [0.3, 0.4) is 0 Å². The number of aromatic nitrogens is 3. The number of nitrogens with one attached hydrogen (secondary N) is 1. The lowest BCUT2D eigenvalue weighted by atomic mass is 9.99. The zero-order valence-corrected chi connectivity index (χ0v) is 11.7. The molecule has 0 aromatic carbocycles. The Morgan fingerprint density at radius 3 is 3.15 bits per heavy atom. The minimum absolute atomic E-state index is 0.298. The molecule has 20 heavy (non-hydrogen) atoms. The van der Waals surface area contributed by atoms with Crippen molar-refractivity contribution >= 4 is 11.6 Å². The summed E-state index contributed by atoms with van der Waals surface area (Å²) in [6.07, 6.45) is 3.83. The summed E-state index contributed by atoms with van der Waals surface area (Å²) in [4.78, 5) is 6.65. The molecule has 1 aliphatic heterocycles. The van der Waals surface area contributed by atoms with Crippen LogP contribution in [0.25, 0.3) is 5.65 Å². The van der Waals surface area contributed by atoms with Crippen LogP contribution >= 0.6 is 0 Å². The van der Waals surface area contributed by atoms with Gasteiger partial charge in [0.25, 0.3) is 0 Å². The second-order valence-corrected chi connectivity index (χ2v) is 5.31. The molecule has 0 bridgehead atoms. The molecule has 3 rings (SSSR count). The molecule has 1 saturated heterocycles. The quantitative estimate of drug-likeness (QED) is 0.924. The SMILES string of the molecule is CCN(CC1CCCNC1)c1nc2ccc(F)cn2n1. The van der Waals surface area contributed by atoms with E-state index in [1.807, 2.05) is 0 Å². The summed E-state index contributed by atoms with van der Waals surface area (Å²) in [7, 11) is 0. The minimum Gasteiger partial charge on any atom is -0.339 e. The number of fused-ring (bicyclic) bond motifs is 1. The number of halogens is 1. The topological polar surface area (TPSA) is 45.5 Å². The van der Waals surface area contributed by atoms with Crippen LogP contribution in [0.2, 0.25) is 0 Å². The molecule has 0 saturated carbocycles. The molecule has 2 aromatic rings. The standard InChI is InChI=1S/C14H20FN5/c1-2-19(9-11-4-3-7-16-8-11)14-17-13-6-5-12(15)10-20(13)18-14/h5-6,10-11,16H,2-4,7-9H2,1H3. The van der Waals surface area contributed by atoms with Crippen LogP contribution in [-0.2, 0) is 0 Å². The zero-order chi connectivity index (χ0) is 13.9. The molecule has 0 aliphatic carbocycles. The third-order valence-electron chi connectivity index (χ3n) is 3.83. The van der Waals surface area contributed by atoms with Crippen molar-refractivity contribution in [2.24, 2.45) is 5.92 Å². The van der Waals surface area contributed by atoms with Gasteiger partial charge in [-0.1, -0.05) is 0 Å². The van der Waals surface area contributed by atoms with Gasteiger partial charge in [0.1, 0.15) is 5.82 Å². The summed E-state index contributed by atoms with van der Waals surface area (Å²) in [5, 5.41) is 7.81. The zero-order valence-electron chi connectivity index (χ0n) is 11.7. The Bertz CT molecular complexity index is 576. The first-order valence-corrected chi connectivity index (χ1v) is 7.24. The van der Waals surface area contributed by atoms with E-state index in [0.717, 1.165) is 26.2 Å². The molecule has 1 fully saturated rings. The third-order valence-corrected chi connectivity index (χ3v) is 3.83. The maximum absolute atomic E-state index is 13.2. The Kier molecular flexibility index (Phi) is 3.82. The normalized spacial score (nSPS) is 19.4. The van der Waals surface area contributed by atoms with E-state index in [2.05, 4.69) is 27.2 Å². The summed E-state index contributed by atoms with van der Waals surface area (Å²) >= 11 is 0. The second kappa shape index (κ2) is 5.75. The summed E-state index contributed by atoms with van der Waals surface area (Å²) in [5.74, 6) is 1.02. The fourth-order valence-electron chi connectivity index (χ4n) is 2.72. The van der Waals surface area contributed by atoms with Gasteiger partial charge in [-0.2, -0.15) is 4.98 Å². The molecule has 0 radical (unpaired) electrons. The Balaban J connectivity index is 1.79. The first-order chi connectivity index (χ1) is 9.76. The molecule has 5 nitrogen and oxygen atoms in total. The first-order valence-electron chi connectivity index (χ1n) is 7.24. The van der Waals surface area contributed by atoms with Gasteiger partial charge in [0.15, 0.2) is 5.65 Å². The van der Waals surface area contributed by atoms with E-state index in [9.17, 15) is 4.39 Å². The fourth-order valence-corrected chi connectivity index (χ4v) is 2.72. The Morgan fingerprint density at radius 1 is 1.50 bits per heavy atom. The van der Waals surface area contributed by atoms with Crippen molar-refractivity contribution in [3.63, 3.8) is 0 Å². The Morgan fingerprint density at radius 2 is 2.40 bits per heavy atom. The highest BCUT2D eigenvalue weighted by atomic mass is 19.1. The highest BCUT2D eigenvalue weighted by molar-refractivity contribution is 5.44. The summed E-state index contributed by atoms with van der Waals surface area (Å²) in [6.45, 7) is 6.08. The molecule has 2 aromatic heterocycles. The monoisotopic (exact) mass is 277 g/mol. The van der Waals surface area contributed by atoms with E-state index in [-0.39, 0.29) is 5.82 Å². The van der Waals surface area contributed by atoms with Crippen LogP contribution in [0.5, 0.6) is 0 Å². The predicted molar refractivity (Wildman–Crippen MR) is 76.4 cm³/mol. The second-order valence-electron chi connectivity index (χ2n) is 5.31. The van der Waals surface area contributed by atoms with Crippen LogP contribution in [-0.4, -0.2) is 40.8 Å². The lowest BCUT2D eigenvalue weighted by Gasteiger charge is -2.28. The number of nitrogens with zero attached hydrogens (tertiary/aromatic N) is 4. The van der Waals surface area contributed by atoms with E-state index >= 15 is 0 Å². The van der Waals surface area contributed by atoms with Crippen LogP contribution in [0.4, 0.5) is 10.3 Å². The van der Waals surface area contributed by atoms with Crippen LogP contribution < -0.4 is 10.2 Å². The smallest absolute Gasteiger partial charge is 0.245 e. The van der Waals surface area contributed by atoms with E-state index in [1.165, 1.54) is 29.6 Å². The van der Waals surface area contributed by atoms with Gasteiger partial charge in [-0.05, 0) is 50.9 Å². The van der Waals surface area contributed by atoms with Gasteiger partial charge in [-0.15, -0.1) is 5.10 Å². The predicted octanol–water partition coefficient (Wildman–Crippen LogP) is 1.69. The molecule has 1 atom stereocenters. The molecular formula is C14H20FN5. The largest absolute Gasteiger partial charge is 0.339 e. The molecule has 0 spiro atoms. The number of piperidine rings is 1. The average Bonchev–Trinajstić information content (AvgIpc) is 2.88. The number of pyridine rings is 1. The van der Waals surface area contributed by atoms with Crippen molar-refractivity contribution in [1.82, 2.24) is 19.9 Å². The number of anilines is 1. The molecule has 1 N–H and O–H groups in total. The average molecular weight is 277 g/mol. The molecule has 0 amide bonds. The molecule has 108 valence electrons. The van der Waals surface area contributed by atoms with Crippen LogP contribution in [0, 0.1) is 11.7 Å². The van der Waals surface area contributed by atoms with Crippen LogP contribution in [0.1, 0.15) is 19.8 Å². The first kappa shape index (κ1) is 13.3. The minimum atomic E-state index is -0.298. The van der Waals surface area contributed by atoms with E-state index in [4.69, 9.17) is 0 Å². The van der Waals surface area contributed by atoms with Crippen molar-refractivity contribution in [3.8, 4) is 0 Å². The maximum Gasteiger partial charge on any atom is 0.245 e. The summed E-state index contributed by atoms with van der Waals surface area (Å²) < 4.78 is 14.7. The lowest BCUT2D eigenvalue weighted by Crippen LogP contribution is -2.38. The van der Waals surface area contributed by atoms with Gasteiger partial charge in [0.2, 0.25) is 5.95 Å². The van der Waals surface area contributed by atoms with E-state index in [0.29, 0.717) is 17.5 Å². The highest BCUT2D eigenvalue weighted by Gasteiger charge is 2.19. The van der Waals surface area contributed by atoms with Crippen molar-refractivity contribution in [1.29, 1.82) is 0 Å².